The minimum atomic E-state index is 0.863. The third-order valence-corrected chi connectivity index (χ3v) is 6.06. The summed E-state index contributed by atoms with van der Waals surface area (Å²) in [5.41, 5.74) is 4.87. The number of benzene rings is 2. The largest absolute Gasteiger partial charge is 0.309 e. The second-order valence-electron chi connectivity index (χ2n) is 8.29. The lowest BCUT2D eigenvalue weighted by molar-refractivity contribution is 0.977. The lowest BCUT2D eigenvalue weighted by Crippen LogP contribution is -2.33. The molecular formula is C35H36N2. The number of hydrogen-bond donors (Lipinski definition) is 0. The maximum atomic E-state index is 5.04. The lowest BCUT2D eigenvalue weighted by atomic mass is 10.1. The van der Waals surface area contributed by atoms with Gasteiger partial charge in [0.2, 0.25) is 0 Å². The van der Waals surface area contributed by atoms with Crippen LogP contribution >= 0.6 is 0 Å². The van der Waals surface area contributed by atoms with Gasteiger partial charge < -0.3 is 4.57 Å². The van der Waals surface area contributed by atoms with Crippen LogP contribution in [-0.4, -0.2) is 9.55 Å². The summed E-state index contributed by atoms with van der Waals surface area (Å²) in [6, 6.07) is 22.6. The number of aromatic nitrogens is 2. The van der Waals surface area contributed by atoms with E-state index in [1.54, 1.807) is 6.08 Å². The smallest absolute Gasteiger partial charge is 0.0730 e. The van der Waals surface area contributed by atoms with E-state index in [9.17, 15) is 0 Å². The lowest BCUT2D eigenvalue weighted by Gasteiger charge is -2.13. The van der Waals surface area contributed by atoms with Crippen molar-refractivity contribution in [1.29, 1.82) is 0 Å². The molecule has 0 N–H and O–H groups in total. The molecular weight excluding hydrogens is 448 g/mol. The van der Waals surface area contributed by atoms with Crippen molar-refractivity contribution in [3.05, 3.63) is 135 Å². The summed E-state index contributed by atoms with van der Waals surface area (Å²) in [7, 11) is 0. The molecule has 2 aromatic carbocycles. The van der Waals surface area contributed by atoms with E-state index < -0.39 is 0 Å². The average molecular weight is 485 g/mol. The summed E-state index contributed by atoms with van der Waals surface area (Å²) >= 11 is 0. The molecule has 0 bridgehead atoms. The standard InChI is InChI=1S/C33H30N2.C2H6/c1-7-15-26(9-3)30-21-28(22-31(34-30)27-18-11-10-12-19-27)35-32(16-8-2)24(5)25(6)33(35)29-20-14-13-17-23(29)4;1-2/h7-22H,2,4-6H2,1,3H3;1-2H3/b15-7-,26-9+,32-16+,33-29+;. The first-order chi connectivity index (χ1) is 18.0. The van der Waals surface area contributed by atoms with Crippen molar-refractivity contribution in [2.75, 3.05) is 0 Å². The van der Waals surface area contributed by atoms with E-state index in [0.717, 1.165) is 59.8 Å². The molecule has 0 amide bonds. The molecule has 0 saturated heterocycles. The number of nitrogens with zero attached hydrogens (tertiary/aromatic N) is 2. The molecule has 2 heteroatoms. The summed E-state index contributed by atoms with van der Waals surface area (Å²) in [4.78, 5) is 5.04. The van der Waals surface area contributed by atoms with Crippen LogP contribution in [0.15, 0.2) is 97.6 Å². The van der Waals surface area contributed by atoms with Crippen molar-refractivity contribution in [3.8, 4) is 16.9 Å². The third-order valence-electron chi connectivity index (χ3n) is 6.06. The van der Waals surface area contributed by atoms with Crippen molar-refractivity contribution in [1.82, 2.24) is 9.55 Å². The summed E-state index contributed by atoms with van der Waals surface area (Å²) in [6.45, 7) is 25.1. The molecule has 2 aromatic heterocycles. The Kier molecular flexibility index (Phi) is 9.18. The minimum Gasteiger partial charge on any atom is -0.309 e. The van der Waals surface area contributed by atoms with Gasteiger partial charge in [-0.05, 0) is 42.8 Å². The van der Waals surface area contributed by atoms with Crippen molar-refractivity contribution >= 4 is 31.4 Å². The third kappa shape index (κ3) is 5.54. The van der Waals surface area contributed by atoms with E-state index in [1.807, 2.05) is 76.2 Å². The maximum absolute atomic E-state index is 5.04. The molecule has 0 spiro atoms. The van der Waals surface area contributed by atoms with Crippen LogP contribution in [0.4, 0.5) is 0 Å². The van der Waals surface area contributed by atoms with E-state index in [-0.39, 0.29) is 0 Å². The van der Waals surface area contributed by atoms with Gasteiger partial charge in [0.15, 0.2) is 0 Å². The molecule has 0 aliphatic heterocycles. The first-order valence-electron chi connectivity index (χ1n) is 12.7. The van der Waals surface area contributed by atoms with Gasteiger partial charge in [-0.3, -0.25) is 0 Å². The Morgan fingerprint density at radius 2 is 1.54 bits per heavy atom. The molecule has 4 aromatic rings. The highest BCUT2D eigenvalue weighted by Gasteiger charge is 2.12. The fourth-order valence-electron chi connectivity index (χ4n) is 4.34. The maximum Gasteiger partial charge on any atom is 0.0730 e. The Labute approximate surface area is 220 Å². The zero-order valence-electron chi connectivity index (χ0n) is 22.5. The van der Waals surface area contributed by atoms with Crippen LogP contribution in [0.3, 0.4) is 0 Å². The highest BCUT2D eigenvalue weighted by molar-refractivity contribution is 5.75. The normalized spacial score (nSPS) is 12.9. The van der Waals surface area contributed by atoms with Crippen LogP contribution in [0.2, 0.25) is 0 Å². The summed E-state index contributed by atoms with van der Waals surface area (Å²) < 4.78 is 2.21. The number of rotatable bonds is 5. The quantitative estimate of drug-likeness (QED) is 0.316. The van der Waals surface area contributed by atoms with E-state index in [1.165, 1.54) is 0 Å². The van der Waals surface area contributed by atoms with Crippen LogP contribution in [0.25, 0.3) is 48.3 Å². The highest BCUT2D eigenvalue weighted by Crippen LogP contribution is 2.24. The molecule has 0 aliphatic carbocycles. The number of pyridine rings is 1. The zero-order valence-corrected chi connectivity index (χ0v) is 22.5. The SMILES string of the molecule is C=C/C=c1\c(=C)c(=C)/c(=c2/ccccc2=C)n1-c1cc(C(/C=C\C)=C/C)nc(-c2ccccc2)c1.CC. The second-order valence-corrected chi connectivity index (χ2v) is 8.29. The average Bonchev–Trinajstić information content (AvgIpc) is 3.18. The molecule has 2 heterocycles. The van der Waals surface area contributed by atoms with E-state index in [0.29, 0.717) is 0 Å². The molecule has 0 fully saturated rings. The Morgan fingerprint density at radius 3 is 2.16 bits per heavy atom. The zero-order chi connectivity index (χ0) is 26.9. The molecule has 0 saturated carbocycles. The Bertz CT molecular complexity index is 1770. The van der Waals surface area contributed by atoms with Crippen molar-refractivity contribution in [3.63, 3.8) is 0 Å². The van der Waals surface area contributed by atoms with Gasteiger partial charge in [-0.1, -0.05) is 119 Å². The van der Waals surface area contributed by atoms with E-state index >= 15 is 0 Å². The van der Waals surface area contributed by atoms with Crippen molar-refractivity contribution in [2.45, 2.75) is 27.7 Å². The fourth-order valence-corrected chi connectivity index (χ4v) is 4.34. The van der Waals surface area contributed by atoms with Crippen molar-refractivity contribution in [2.24, 2.45) is 0 Å². The first kappa shape index (κ1) is 27.2. The number of allylic oxidation sites excluding steroid dienone is 5. The predicted molar refractivity (Wildman–Crippen MR) is 163 cm³/mol. The molecule has 186 valence electrons. The Balaban J connectivity index is 0.00000186. The summed E-state index contributed by atoms with van der Waals surface area (Å²) in [6.07, 6.45) is 9.97. The molecule has 4 rings (SSSR count). The predicted octanol–water partition coefficient (Wildman–Crippen LogP) is 6.03. The summed E-state index contributed by atoms with van der Waals surface area (Å²) in [5.74, 6) is 0. The van der Waals surface area contributed by atoms with Gasteiger partial charge in [-0.2, -0.15) is 0 Å². The molecule has 0 aliphatic rings. The Hall–Kier alpha value is -4.43. The van der Waals surface area contributed by atoms with Crippen LogP contribution in [-0.2, 0) is 0 Å². The van der Waals surface area contributed by atoms with Crippen LogP contribution < -0.4 is 21.0 Å². The van der Waals surface area contributed by atoms with Gasteiger partial charge in [0.05, 0.1) is 27.8 Å². The molecule has 0 unspecified atom stereocenters. The highest BCUT2D eigenvalue weighted by atomic mass is 15.0. The second kappa shape index (κ2) is 12.5. The van der Waals surface area contributed by atoms with E-state index in [4.69, 9.17) is 4.98 Å². The van der Waals surface area contributed by atoms with Crippen molar-refractivity contribution < 1.29 is 0 Å². The van der Waals surface area contributed by atoms with Crippen LogP contribution in [0.5, 0.6) is 0 Å². The summed E-state index contributed by atoms with van der Waals surface area (Å²) in [5, 5.41) is 5.59. The van der Waals surface area contributed by atoms with Gasteiger partial charge in [-0.25, -0.2) is 4.98 Å². The fraction of sp³-hybridized carbons (Fsp3) is 0.114. The van der Waals surface area contributed by atoms with Gasteiger partial charge in [-0.15, -0.1) is 0 Å². The molecule has 37 heavy (non-hydrogen) atoms. The van der Waals surface area contributed by atoms with Gasteiger partial charge in [0.1, 0.15) is 0 Å². The first-order valence-corrected chi connectivity index (χ1v) is 12.7. The van der Waals surface area contributed by atoms with Crippen LogP contribution in [0.1, 0.15) is 33.4 Å². The monoisotopic (exact) mass is 484 g/mol. The molecule has 0 atom stereocenters. The minimum absolute atomic E-state index is 0.863. The van der Waals surface area contributed by atoms with E-state index in [2.05, 4.69) is 73.4 Å². The van der Waals surface area contributed by atoms with Crippen LogP contribution in [0, 0.1) is 10.6 Å². The molecule has 0 radical (unpaired) electrons. The number of hydrogen-bond acceptors (Lipinski definition) is 1. The van der Waals surface area contributed by atoms with Gasteiger partial charge >= 0.3 is 0 Å². The van der Waals surface area contributed by atoms with Gasteiger partial charge in [0.25, 0.3) is 0 Å². The molecule has 2 nitrogen and oxygen atoms in total. The van der Waals surface area contributed by atoms with Gasteiger partial charge in [0, 0.05) is 21.2 Å². The topological polar surface area (TPSA) is 17.8 Å². The Morgan fingerprint density at radius 1 is 0.865 bits per heavy atom.